The van der Waals surface area contributed by atoms with Gasteiger partial charge in [0, 0.05) is 31.4 Å². The third-order valence-electron chi connectivity index (χ3n) is 3.10. The van der Waals surface area contributed by atoms with Crippen molar-refractivity contribution in [1.29, 1.82) is 0 Å². The van der Waals surface area contributed by atoms with Gasteiger partial charge in [-0.25, -0.2) is 0 Å². The van der Waals surface area contributed by atoms with Gasteiger partial charge >= 0.3 is 0 Å². The number of pyridine rings is 1. The Kier molecular flexibility index (Phi) is 3.97. The summed E-state index contributed by atoms with van der Waals surface area (Å²) in [6.45, 7) is 3.85. The maximum atomic E-state index is 10.6. The van der Waals surface area contributed by atoms with Crippen molar-refractivity contribution in [3.63, 3.8) is 0 Å². The molecule has 0 saturated carbocycles. The Morgan fingerprint density at radius 1 is 1.41 bits per heavy atom. The summed E-state index contributed by atoms with van der Waals surface area (Å²) in [5.41, 5.74) is 0.00493. The number of rotatable bonds is 3. The molecule has 1 saturated heterocycles. The second-order valence-corrected chi connectivity index (χ2v) is 4.34. The Bertz CT molecular complexity index is 359. The van der Waals surface area contributed by atoms with Crippen LogP contribution < -0.4 is 4.74 Å². The van der Waals surface area contributed by atoms with E-state index in [1.54, 1.807) is 12.4 Å². The van der Waals surface area contributed by atoms with Crippen molar-refractivity contribution < 1.29 is 14.6 Å². The van der Waals surface area contributed by atoms with E-state index in [9.17, 15) is 5.11 Å². The highest BCUT2D eigenvalue weighted by molar-refractivity contribution is 5.28. The van der Waals surface area contributed by atoms with Gasteiger partial charge in [-0.1, -0.05) is 0 Å². The largest absolute Gasteiger partial charge is 0.492 e. The highest BCUT2D eigenvalue weighted by Crippen LogP contribution is 2.33. The maximum Gasteiger partial charge on any atom is 0.137 e. The molecule has 0 aliphatic carbocycles. The molecule has 1 unspecified atom stereocenters. The minimum Gasteiger partial charge on any atom is -0.492 e. The molecule has 2 heterocycles. The van der Waals surface area contributed by atoms with Crippen molar-refractivity contribution in [3.8, 4) is 5.75 Å². The van der Waals surface area contributed by atoms with Crippen LogP contribution in [0.1, 0.15) is 31.7 Å². The summed E-state index contributed by atoms with van der Waals surface area (Å²) < 4.78 is 10.8. The van der Waals surface area contributed by atoms with E-state index >= 15 is 0 Å². The van der Waals surface area contributed by atoms with E-state index < -0.39 is 5.60 Å². The molecule has 1 atom stereocenters. The van der Waals surface area contributed by atoms with E-state index in [2.05, 4.69) is 4.98 Å². The molecule has 1 aromatic heterocycles. The standard InChI is InChI=1S/C13H19NO3/c1-2-17-12-8-11(9-14-10-12)13(15)4-3-6-16-7-5-13/h8-10,15H,2-7H2,1H3. The quantitative estimate of drug-likeness (QED) is 0.872. The zero-order valence-corrected chi connectivity index (χ0v) is 10.2. The van der Waals surface area contributed by atoms with Gasteiger partial charge in [-0.3, -0.25) is 4.98 Å². The van der Waals surface area contributed by atoms with Gasteiger partial charge in [-0.2, -0.15) is 0 Å². The number of hydrogen-bond donors (Lipinski definition) is 1. The molecule has 0 bridgehead atoms. The zero-order valence-electron chi connectivity index (χ0n) is 10.2. The Morgan fingerprint density at radius 2 is 2.29 bits per heavy atom. The summed E-state index contributed by atoms with van der Waals surface area (Å²) in [4.78, 5) is 4.13. The van der Waals surface area contributed by atoms with Gasteiger partial charge in [0.05, 0.1) is 18.4 Å². The first-order chi connectivity index (χ1) is 8.24. The Hall–Kier alpha value is -1.13. The molecule has 17 heavy (non-hydrogen) atoms. The number of nitrogens with zero attached hydrogens (tertiary/aromatic N) is 1. The minimum absolute atomic E-state index is 0.593. The lowest BCUT2D eigenvalue weighted by Gasteiger charge is -2.26. The molecule has 94 valence electrons. The molecule has 4 heteroatoms. The smallest absolute Gasteiger partial charge is 0.137 e. The van der Waals surface area contributed by atoms with Crippen LogP contribution in [0.25, 0.3) is 0 Å². The second kappa shape index (κ2) is 5.47. The molecule has 0 spiro atoms. The molecule has 0 amide bonds. The third-order valence-corrected chi connectivity index (χ3v) is 3.10. The molecule has 2 rings (SSSR count). The summed E-state index contributed by atoms with van der Waals surface area (Å²) in [6, 6.07) is 1.88. The van der Waals surface area contributed by atoms with Crippen LogP contribution in [-0.2, 0) is 10.3 Å². The molecular weight excluding hydrogens is 218 g/mol. The molecule has 1 N–H and O–H groups in total. The monoisotopic (exact) mass is 237 g/mol. The van der Waals surface area contributed by atoms with Crippen molar-refractivity contribution in [2.75, 3.05) is 19.8 Å². The van der Waals surface area contributed by atoms with E-state index in [4.69, 9.17) is 9.47 Å². The topological polar surface area (TPSA) is 51.6 Å². The predicted molar refractivity (Wildman–Crippen MR) is 64.0 cm³/mol. The highest BCUT2D eigenvalue weighted by atomic mass is 16.5. The first-order valence-electron chi connectivity index (χ1n) is 6.13. The lowest BCUT2D eigenvalue weighted by Crippen LogP contribution is -2.26. The van der Waals surface area contributed by atoms with Gasteiger partial charge in [-0.15, -0.1) is 0 Å². The van der Waals surface area contributed by atoms with Crippen LogP contribution in [0.3, 0.4) is 0 Å². The van der Waals surface area contributed by atoms with Crippen molar-refractivity contribution >= 4 is 0 Å². The Morgan fingerprint density at radius 3 is 3.12 bits per heavy atom. The van der Waals surface area contributed by atoms with Crippen LogP contribution in [0.2, 0.25) is 0 Å². The second-order valence-electron chi connectivity index (χ2n) is 4.34. The van der Waals surface area contributed by atoms with Crippen molar-refractivity contribution in [2.45, 2.75) is 31.8 Å². The van der Waals surface area contributed by atoms with Gasteiger partial charge < -0.3 is 14.6 Å². The number of aliphatic hydroxyl groups is 1. The predicted octanol–water partition coefficient (Wildman–Crippen LogP) is 1.87. The molecule has 0 aromatic carbocycles. The van der Waals surface area contributed by atoms with E-state index in [0.29, 0.717) is 31.8 Å². The number of ether oxygens (including phenoxy) is 2. The van der Waals surface area contributed by atoms with Crippen LogP contribution >= 0.6 is 0 Å². The lowest BCUT2D eigenvalue weighted by atomic mass is 9.88. The summed E-state index contributed by atoms with van der Waals surface area (Å²) in [5, 5.41) is 10.6. The van der Waals surface area contributed by atoms with Crippen LogP contribution in [0, 0.1) is 0 Å². The molecule has 1 aliphatic heterocycles. The minimum atomic E-state index is -0.823. The average Bonchev–Trinajstić information content (AvgIpc) is 2.56. The first-order valence-corrected chi connectivity index (χ1v) is 6.13. The zero-order chi connectivity index (χ0) is 12.1. The maximum absolute atomic E-state index is 10.6. The van der Waals surface area contributed by atoms with Gasteiger partial charge in [-0.05, 0) is 25.8 Å². The fourth-order valence-corrected chi connectivity index (χ4v) is 2.14. The molecule has 1 aromatic rings. The molecule has 1 fully saturated rings. The molecular formula is C13H19NO3. The SMILES string of the molecule is CCOc1cncc(C2(O)CCCOCC2)c1. The molecule has 0 radical (unpaired) electrons. The van der Waals surface area contributed by atoms with E-state index in [-0.39, 0.29) is 0 Å². The average molecular weight is 237 g/mol. The van der Waals surface area contributed by atoms with Crippen molar-refractivity contribution in [1.82, 2.24) is 4.98 Å². The normalized spacial score (nSPS) is 25.3. The van der Waals surface area contributed by atoms with Crippen LogP contribution in [0.15, 0.2) is 18.5 Å². The van der Waals surface area contributed by atoms with E-state index in [0.717, 1.165) is 18.6 Å². The third kappa shape index (κ3) is 2.96. The summed E-state index contributed by atoms with van der Waals surface area (Å²) >= 11 is 0. The van der Waals surface area contributed by atoms with E-state index in [1.807, 2.05) is 13.0 Å². The number of hydrogen-bond acceptors (Lipinski definition) is 4. The van der Waals surface area contributed by atoms with E-state index in [1.165, 1.54) is 0 Å². The molecule has 1 aliphatic rings. The first kappa shape index (κ1) is 12.3. The fourth-order valence-electron chi connectivity index (χ4n) is 2.14. The molecule has 4 nitrogen and oxygen atoms in total. The van der Waals surface area contributed by atoms with Crippen LogP contribution in [-0.4, -0.2) is 29.9 Å². The van der Waals surface area contributed by atoms with Gasteiger partial charge in [0.25, 0.3) is 0 Å². The summed E-state index contributed by atoms with van der Waals surface area (Å²) in [6.07, 6.45) is 5.58. The number of aromatic nitrogens is 1. The highest BCUT2D eigenvalue weighted by Gasteiger charge is 2.31. The lowest BCUT2D eigenvalue weighted by molar-refractivity contribution is 0.0139. The fraction of sp³-hybridized carbons (Fsp3) is 0.615. The summed E-state index contributed by atoms with van der Waals surface area (Å²) in [5.74, 6) is 0.712. The Labute approximate surface area is 102 Å². The van der Waals surface area contributed by atoms with Gasteiger partial charge in [0.15, 0.2) is 0 Å². The van der Waals surface area contributed by atoms with Gasteiger partial charge in [0.1, 0.15) is 5.75 Å². The van der Waals surface area contributed by atoms with Crippen LogP contribution in [0.5, 0.6) is 5.75 Å². The Balaban J connectivity index is 2.21. The van der Waals surface area contributed by atoms with Crippen molar-refractivity contribution in [3.05, 3.63) is 24.0 Å². The van der Waals surface area contributed by atoms with Crippen molar-refractivity contribution in [2.24, 2.45) is 0 Å². The van der Waals surface area contributed by atoms with Crippen LogP contribution in [0.4, 0.5) is 0 Å². The van der Waals surface area contributed by atoms with Gasteiger partial charge in [0.2, 0.25) is 0 Å². The summed E-state index contributed by atoms with van der Waals surface area (Å²) in [7, 11) is 0.